The fraction of sp³-hybridized carbons (Fsp3) is 0.381. The van der Waals surface area contributed by atoms with Crippen LogP contribution in [0.4, 0.5) is 13.2 Å². The van der Waals surface area contributed by atoms with Gasteiger partial charge in [-0.3, -0.25) is 9.59 Å². The van der Waals surface area contributed by atoms with Crippen LogP contribution >= 0.6 is 0 Å². The summed E-state index contributed by atoms with van der Waals surface area (Å²) >= 11 is 0. The Morgan fingerprint density at radius 2 is 2.06 bits per heavy atom. The predicted molar refractivity (Wildman–Crippen MR) is 107 cm³/mol. The first-order chi connectivity index (χ1) is 15.7. The number of aliphatic carboxylic acids is 1. The van der Waals surface area contributed by atoms with Crippen LogP contribution in [0, 0.1) is 5.92 Å². The molecule has 1 aromatic carbocycles. The van der Waals surface area contributed by atoms with E-state index >= 15 is 0 Å². The number of nitrogens with zero attached hydrogens (tertiary/aromatic N) is 5. The third kappa shape index (κ3) is 5.57. The van der Waals surface area contributed by atoms with Crippen molar-refractivity contribution in [3.05, 3.63) is 53.6 Å². The van der Waals surface area contributed by atoms with E-state index in [1.165, 1.54) is 10.7 Å². The van der Waals surface area contributed by atoms with Gasteiger partial charge in [0.1, 0.15) is 12.3 Å². The zero-order valence-electron chi connectivity index (χ0n) is 17.3. The van der Waals surface area contributed by atoms with E-state index in [1.54, 1.807) is 30.6 Å². The fourth-order valence-corrected chi connectivity index (χ4v) is 3.83. The highest BCUT2D eigenvalue weighted by atomic mass is 19.4. The standard InChI is InChI=1S/C21H20F3N5O4/c22-21(23,24)12-28-10-15-8-17(2-1-13(15)7-14(19(28)32)9-18(30)31)33-6-3-16-11-29-20(27-16)25-4-5-26-29/h1-2,4-5,8,11,14H,3,6-7,9-10,12H2,(H,30,31). The molecule has 174 valence electrons. The van der Waals surface area contributed by atoms with Gasteiger partial charge in [0, 0.05) is 13.0 Å². The first-order valence-electron chi connectivity index (χ1n) is 10.1. The summed E-state index contributed by atoms with van der Waals surface area (Å²) in [6, 6.07) is 4.93. The molecule has 12 heteroatoms. The minimum absolute atomic E-state index is 0.0519. The molecule has 0 radical (unpaired) electrons. The Hall–Kier alpha value is -3.70. The van der Waals surface area contributed by atoms with Crippen LogP contribution in [0.15, 0.2) is 36.8 Å². The van der Waals surface area contributed by atoms with E-state index in [9.17, 15) is 22.8 Å². The van der Waals surface area contributed by atoms with Gasteiger partial charge < -0.3 is 14.7 Å². The molecule has 1 atom stereocenters. The second kappa shape index (κ2) is 9.04. The van der Waals surface area contributed by atoms with E-state index in [2.05, 4.69) is 15.1 Å². The second-order valence-electron chi connectivity index (χ2n) is 7.76. The van der Waals surface area contributed by atoms with E-state index in [1.807, 2.05) is 0 Å². The Kier molecular flexibility index (Phi) is 6.16. The number of halogens is 3. The number of imidazole rings is 1. The molecule has 2 aromatic heterocycles. The molecule has 0 saturated heterocycles. The van der Waals surface area contributed by atoms with Crippen LogP contribution in [0.25, 0.3) is 5.78 Å². The number of hydrogen-bond donors (Lipinski definition) is 1. The number of carboxylic acid groups (broad SMARTS) is 1. The van der Waals surface area contributed by atoms with Crippen LogP contribution in [0.5, 0.6) is 5.75 Å². The van der Waals surface area contributed by atoms with Crippen molar-refractivity contribution in [3.63, 3.8) is 0 Å². The lowest BCUT2D eigenvalue weighted by atomic mass is 9.94. The number of rotatable bonds is 7. The Morgan fingerprint density at radius 1 is 1.24 bits per heavy atom. The smallest absolute Gasteiger partial charge is 0.406 e. The fourth-order valence-electron chi connectivity index (χ4n) is 3.83. The molecule has 1 aliphatic heterocycles. The number of hydrogen-bond acceptors (Lipinski definition) is 6. The maximum absolute atomic E-state index is 13.0. The summed E-state index contributed by atoms with van der Waals surface area (Å²) in [6.07, 6.45) is 0.182. The third-order valence-corrected chi connectivity index (χ3v) is 5.25. The van der Waals surface area contributed by atoms with Gasteiger partial charge in [0.25, 0.3) is 5.78 Å². The number of fused-ring (bicyclic) bond motifs is 2. The molecule has 1 aliphatic rings. The van der Waals surface area contributed by atoms with Gasteiger partial charge in [-0.25, -0.2) is 14.5 Å². The number of amides is 1. The lowest BCUT2D eigenvalue weighted by molar-refractivity contribution is -0.165. The molecular weight excluding hydrogens is 443 g/mol. The van der Waals surface area contributed by atoms with E-state index in [0.717, 1.165) is 5.69 Å². The molecule has 1 unspecified atom stereocenters. The van der Waals surface area contributed by atoms with Gasteiger partial charge in [-0.15, -0.1) is 0 Å². The normalized spacial score (nSPS) is 16.5. The maximum Gasteiger partial charge on any atom is 0.406 e. The molecule has 1 amide bonds. The highest BCUT2D eigenvalue weighted by molar-refractivity contribution is 5.84. The Morgan fingerprint density at radius 3 is 2.79 bits per heavy atom. The number of benzene rings is 1. The molecule has 1 N–H and O–H groups in total. The van der Waals surface area contributed by atoms with Crippen molar-refractivity contribution in [2.75, 3.05) is 13.2 Å². The summed E-state index contributed by atoms with van der Waals surface area (Å²) in [5, 5.41) is 13.2. The molecule has 33 heavy (non-hydrogen) atoms. The lowest BCUT2D eigenvalue weighted by Gasteiger charge is -2.25. The van der Waals surface area contributed by atoms with Crippen LogP contribution in [-0.4, -0.2) is 60.8 Å². The van der Waals surface area contributed by atoms with Crippen molar-refractivity contribution in [3.8, 4) is 5.75 Å². The van der Waals surface area contributed by atoms with Crippen LogP contribution in [0.2, 0.25) is 0 Å². The minimum atomic E-state index is -4.60. The number of carbonyl (C=O) groups excluding carboxylic acids is 1. The molecule has 0 saturated carbocycles. The maximum atomic E-state index is 13.0. The van der Waals surface area contributed by atoms with Crippen LogP contribution in [-0.2, 0) is 29.0 Å². The van der Waals surface area contributed by atoms with E-state index < -0.39 is 36.9 Å². The second-order valence-corrected chi connectivity index (χ2v) is 7.76. The number of alkyl halides is 3. The average Bonchev–Trinajstić information content (AvgIpc) is 3.10. The van der Waals surface area contributed by atoms with Crippen molar-refractivity contribution >= 4 is 17.7 Å². The van der Waals surface area contributed by atoms with Gasteiger partial charge in [-0.05, 0) is 29.7 Å². The highest BCUT2D eigenvalue weighted by Gasteiger charge is 2.38. The van der Waals surface area contributed by atoms with Crippen LogP contribution < -0.4 is 4.74 Å². The van der Waals surface area contributed by atoms with Crippen molar-refractivity contribution in [2.24, 2.45) is 5.92 Å². The summed E-state index contributed by atoms with van der Waals surface area (Å²) in [6.45, 7) is -1.46. The zero-order chi connectivity index (χ0) is 23.6. The van der Waals surface area contributed by atoms with Gasteiger partial charge in [0.2, 0.25) is 5.91 Å². The molecule has 3 aromatic rings. The van der Waals surface area contributed by atoms with Crippen molar-refractivity contribution < 1.29 is 32.6 Å². The van der Waals surface area contributed by atoms with Crippen LogP contribution in [0.3, 0.4) is 0 Å². The number of aromatic nitrogens is 4. The molecule has 9 nitrogen and oxygen atoms in total. The third-order valence-electron chi connectivity index (χ3n) is 5.25. The van der Waals surface area contributed by atoms with Crippen molar-refractivity contribution in [1.82, 2.24) is 24.5 Å². The largest absolute Gasteiger partial charge is 0.493 e. The monoisotopic (exact) mass is 463 g/mol. The van der Waals surface area contributed by atoms with Gasteiger partial charge in [0.15, 0.2) is 0 Å². The average molecular weight is 463 g/mol. The van der Waals surface area contributed by atoms with Gasteiger partial charge >= 0.3 is 12.1 Å². The van der Waals surface area contributed by atoms with Gasteiger partial charge in [0.05, 0.1) is 43.2 Å². The Balaban J connectivity index is 1.48. The molecule has 0 bridgehead atoms. The SMILES string of the molecule is O=C(O)CC1Cc2ccc(OCCc3cn4nccnc4n3)cc2CN(CC(F)(F)F)C1=O. The number of carboxylic acids is 1. The molecule has 0 aliphatic carbocycles. The summed E-state index contributed by atoms with van der Waals surface area (Å²) in [7, 11) is 0. The first-order valence-corrected chi connectivity index (χ1v) is 10.1. The van der Waals surface area contributed by atoms with Crippen LogP contribution in [0.1, 0.15) is 23.2 Å². The summed E-state index contributed by atoms with van der Waals surface area (Å²) in [4.78, 5) is 32.9. The summed E-state index contributed by atoms with van der Waals surface area (Å²) in [5.41, 5.74) is 1.85. The zero-order valence-corrected chi connectivity index (χ0v) is 17.3. The predicted octanol–water partition coefficient (Wildman–Crippen LogP) is 2.28. The molecule has 0 fully saturated rings. The molecular formula is C21H20F3N5O4. The summed E-state index contributed by atoms with van der Waals surface area (Å²) in [5.74, 6) is -2.22. The lowest BCUT2D eigenvalue weighted by Crippen LogP contribution is -2.41. The topological polar surface area (TPSA) is 110 Å². The number of ether oxygens (including phenoxy) is 1. The van der Waals surface area contributed by atoms with Crippen molar-refractivity contribution in [1.29, 1.82) is 0 Å². The summed E-state index contributed by atoms with van der Waals surface area (Å²) < 4.78 is 46.4. The van der Waals surface area contributed by atoms with Gasteiger partial charge in [-0.1, -0.05) is 6.07 Å². The van der Waals surface area contributed by atoms with Crippen molar-refractivity contribution in [2.45, 2.75) is 32.0 Å². The Bertz CT molecular complexity index is 1150. The Labute approximate surface area is 185 Å². The highest BCUT2D eigenvalue weighted by Crippen LogP contribution is 2.30. The first kappa shape index (κ1) is 22.5. The van der Waals surface area contributed by atoms with E-state index in [-0.39, 0.29) is 19.6 Å². The minimum Gasteiger partial charge on any atom is -0.493 e. The van der Waals surface area contributed by atoms with E-state index in [0.29, 0.717) is 34.0 Å². The molecule has 0 spiro atoms. The quantitative estimate of drug-likeness (QED) is 0.573. The molecule has 4 rings (SSSR count). The molecule has 3 heterocycles. The van der Waals surface area contributed by atoms with E-state index in [4.69, 9.17) is 9.84 Å². The van der Waals surface area contributed by atoms with Gasteiger partial charge in [-0.2, -0.15) is 18.3 Å². The number of carbonyl (C=O) groups is 2.